The van der Waals surface area contributed by atoms with Gasteiger partial charge >= 0.3 is 0 Å². The van der Waals surface area contributed by atoms with E-state index < -0.39 is 22.4 Å². The van der Waals surface area contributed by atoms with Crippen molar-refractivity contribution in [3.05, 3.63) is 72.8 Å². The molecule has 5 rings (SSSR count). The normalized spacial score (nSPS) is 28.1. The molecule has 2 aromatic carbocycles. The maximum absolute atomic E-state index is 7.73. The smallest absolute Gasteiger partial charge is 0.261 e. The van der Waals surface area contributed by atoms with Gasteiger partial charge in [0.1, 0.15) is 6.10 Å². The van der Waals surface area contributed by atoms with E-state index in [1.54, 1.807) is 0 Å². The van der Waals surface area contributed by atoms with Crippen molar-refractivity contribution in [1.29, 1.82) is 0 Å². The van der Waals surface area contributed by atoms with Crippen LogP contribution in [0, 0.1) is 0 Å². The number of rotatable bonds is 14. The Morgan fingerprint density at radius 1 is 0.796 bits per heavy atom. The van der Waals surface area contributed by atoms with Gasteiger partial charge in [0, 0.05) is 19.4 Å². The first-order chi connectivity index (χ1) is 23.3. The van der Waals surface area contributed by atoms with E-state index in [2.05, 4.69) is 109 Å². The second-order valence-corrected chi connectivity index (χ2v) is 25.2. The number of benzene rings is 2. The van der Waals surface area contributed by atoms with E-state index in [-0.39, 0.29) is 41.7 Å². The van der Waals surface area contributed by atoms with Crippen LogP contribution in [0.3, 0.4) is 0 Å². The van der Waals surface area contributed by atoms with E-state index in [4.69, 9.17) is 27.8 Å². The zero-order chi connectivity index (χ0) is 35.3. The highest BCUT2D eigenvalue weighted by molar-refractivity contribution is 6.99. The van der Waals surface area contributed by atoms with Crippen LogP contribution in [0.1, 0.15) is 93.9 Å². The van der Waals surface area contributed by atoms with Crippen molar-refractivity contribution in [3.63, 3.8) is 0 Å². The van der Waals surface area contributed by atoms with Gasteiger partial charge < -0.3 is 27.8 Å². The molecule has 0 spiro atoms. The molecular formula is C41H64O6Si2. The van der Waals surface area contributed by atoms with Crippen LogP contribution in [0.5, 0.6) is 0 Å². The molecule has 272 valence electrons. The summed E-state index contributed by atoms with van der Waals surface area (Å²) in [6.07, 6.45) is 4.98. The van der Waals surface area contributed by atoms with E-state index >= 15 is 0 Å². The maximum atomic E-state index is 7.73. The minimum absolute atomic E-state index is 0.00596. The summed E-state index contributed by atoms with van der Waals surface area (Å²) in [6, 6.07) is 25.4. The molecular weight excluding hydrogens is 645 g/mol. The van der Waals surface area contributed by atoms with Crippen LogP contribution in [-0.4, -0.2) is 72.3 Å². The Labute approximate surface area is 299 Å². The number of hydrogen-bond donors (Lipinski definition) is 0. The van der Waals surface area contributed by atoms with Gasteiger partial charge in [-0.05, 0) is 73.1 Å². The maximum Gasteiger partial charge on any atom is 0.261 e. The summed E-state index contributed by atoms with van der Waals surface area (Å²) < 4.78 is 40.6. The largest absolute Gasteiger partial charge is 0.417 e. The highest BCUT2D eigenvalue weighted by Crippen LogP contribution is 2.41. The highest BCUT2D eigenvalue weighted by atomic mass is 28.4. The van der Waals surface area contributed by atoms with Gasteiger partial charge in [0.2, 0.25) is 0 Å². The van der Waals surface area contributed by atoms with Gasteiger partial charge in [-0.2, -0.15) is 0 Å². The Bertz CT molecular complexity index is 1280. The molecule has 3 fully saturated rings. The van der Waals surface area contributed by atoms with Crippen molar-refractivity contribution in [2.24, 2.45) is 0 Å². The van der Waals surface area contributed by atoms with Crippen molar-refractivity contribution >= 4 is 27.0 Å². The topological polar surface area (TPSA) is 55.4 Å². The summed E-state index contributed by atoms with van der Waals surface area (Å²) in [7, 11) is -4.38. The molecule has 0 saturated carbocycles. The zero-order valence-corrected chi connectivity index (χ0v) is 33.7. The average molecular weight is 709 g/mol. The lowest BCUT2D eigenvalue weighted by Gasteiger charge is -2.48. The molecule has 2 aromatic rings. The standard InChI is InChI=1S/C41H64O6Si2/c1-10-48(11-2,12-3)43-24-23-32-25-31(4)26-33(44-32)27-34-28-35(29-38(45-34)39-30-42-41(8,9)46-39)47-49(40(5,6)7,36-19-15-13-16-20-36)37-21-17-14-18-22-37/h13-22,32-35,38-39H,4,10-12,23-30H2,1-3,5-9H3/t32-,33+,34+,35-,38+,39-/m0/s1. The predicted octanol–water partition coefficient (Wildman–Crippen LogP) is 8.54. The van der Waals surface area contributed by atoms with Crippen LogP contribution >= 0.6 is 0 Å². The lowest BCUT2D eigenvalue weighted by atomic mass is 9.91. The molecule has 3 heterocycles. The number of hydrogen-bond acceptors (Lipinski definition) is 6. The molecule has 0 N–H and O–H groups in total. The Hall–Kier alpha value is -1.63. The quantitative estimate of drug-likeness (QED) is 0.145. The van der Waals surface area contributed by atoms with E-state index in [9.17, 15) is 0 Å². The van der Waals surface area contributed by atoms with Crippen LogP contribution in [-0.2, 0) is 27.8 Å². The van der Waals surface area contributed by atoms with Gasteiger partial charge in [-0.15, -0.1) is 0 Å². The fourth-order valence-electron chi connectivity index (χ4n) is 8.50. The minimum atomic E-state index is -2.76. The third kappa shape index (κ3) is 9.25. The van der Waals surface area contributed by atoms with Gasteiger partial charge in [0.25, 0.3) is 8.32 Å². The Morgan fingerprint density at radius 3 is 1.92 bits per heavy atom. The van der Waals surface area contributed by atoms with Crippen molar-refractivity contribution in [1.82, 2.24) is 0 Å². The van der Waals surface area contributed by atoms with Crippen LogP contribution in [0.4, 0.5) is 0 Å². The first kappa shape index (κ1) is 38.6. The molecule has 0 aromatic heterocycles. The van der Waals surface area contributed by atoms with Crippen molar-refractivity contribution in [2.75, 3.05) is 13.2 Å². The average Bonchev–Trinajstić information content (AvgIpc) is 3.45. The van der Waals surface area contributed by atoms with E-state index in [1.165, 1.54) is 34.1 Å². The predicted molar refractivity (Wildman–Crippen MR) is 205 cm³/mol. The Balaban J connectivity index is 1.38. The van der Waals surface area contributed by atoms with Gasteiger partial charge in [-0.1, -0.05) is 114 Å². The molecule has 3 aliphatic rings. The molecule has 3 aliphatic heterocycles. The van der Waals surface area contributed by atoms with E-state index in [1.807, 2.05) is 13.8 Å². The molecule has 49 heavy (non-hydrogen) atoms. The van der Waals surface area contributed by atoms with Crippen molar-refractivity contribution < 1.29 is 27.8 Å². The molecule has 8 heteroatoms. The molecule has 6 atom stereocenters. The molecule has 0 amide bonds. The molecule has 0 bridgehead atoms. The summed E-state index contributed by atoms with van der Waals surface area (Å²) in [5.74, 6) is -0.622. The zero-order valence-electron chi connectivity index (χ0n) is 31.7. The van der Waals surface area contributed by atoms with Crippen molar-refractivity contribution in [3.8, 4) is 0 Å². The fourth-order valence-corrected chi connectivity index (χ4v) is 15.9. The summed E-state index contributed by atoms with van der Waals surface area (Å²) in [6.45, 7) is 23.7. The van der Waals surface area contributed by atoms with Crippen molar-refractivity contribution in [2.45, 2.75) is 159 Å². The van der Waals surface area contributed by atoms with Crippen LogP contribution in [0.15, 0.2) is 72.8 Å². The van der Waals surface area contributed by atoms with Crippen LogP contribution in [0.25, 0.3) is 0 Å². The molecule has 0 radical (unpaired) electrons. The third-order valence-electron chi connectivity index (χ3n) is 11.3. The summed E-state index contributed by atoms with van der Waals surface area (Å²) >= 11 is 0. The lowest BCUT2D eigenvalue weighted by molar-refractivity contribution is -0.185. The van der Waals surface area contributed by atoms with Crippen LogP contribution < -0.4 is 10.4 Å². The summed E-state index contributed by atoms with van der Waals surface area (Å²) in [5, 5.41) is 2.49. The summed E-state index contributed by atoms with van der Waals surface area (Å²) in [5.41, 5.74) is 1.27. The molecule has 6 nitrogen and oxygen atoms in total. The Morgan fingerprint density at radius 2 is 1.39 bits per heavy atom. The van der Waals surface area contributed by atoms with Gasteiger partial charge in [0.05, 0.1) is 37.1 Å². The van der Waals surface area contributed by atoms with Crippen LogP contribution in [0.2, 0.25) is 23.2 Å². The summed E-state index contributed by atoms with van der Waals surface area (Å²) in [4.78, 5) is 0. The van der Waals surface area contributed by atoms with E-state index in [0.717, 1.165) is 45.1 Å². The van der Waals surface area contributed by atoms with Gasteiger partial charge in [-0.3, -0.25) is 0 Å². The Kier molecular flexibility index (Phi) is 12.9. The molecule has 3 saturated heterocycles. The fraction of sp³-hybridized carbons (Fsp3) is 0.659. The highest BCUT2D eigenvalue weighted by Gasteiger charge is 2.53. The molecule has 0 aliphatic carbocycles. The third-order valence-corrected chi connectivity index (χ3v) is 21.1. The second-order valence-electron chi connectivity index (χ2n) is 16.2. The SMILES string of the molecule is C=C1C[C@H](C[C@@H]2C[C@H](O[Si](c3ccccc3)(c3ccccc3)C(C)(C)C)C[C@H]([C@@H]3COC(C)(C)O3)O2)O[C@@H](CCO[Si](CC)(CC)CC)C1. The number of ether oxygens (including phenoxy) is 4. The van der Waals surface area contributed by atoms with Gasteiger partial charge in [0.15, 0.2) is 14.1 Å². The first-order valence-corrected chi connectivity index (χ1v) is 23.5. The van der Waals surface area contributed by atoms with E-state index in [0.29, 0.717) is 6.61 Å². The monoisotopic (exact) mass is 708 g/mol. The second kappa shape index (κ2) is 16.4. The van der Waals surface area contributed by atoms with Gasteiger partial charge in [-0.25, -0.2) is 0 Å². The lowest BCUT2D eigenvalue weighted by Crippen LogP contribution is -2.68. The molecule has 0 unspecified atom stereocenters. The minimum Gasteiger partial charge on any atom is -0.417 e. The first-order valence-electron chi connectivity index (χ1n) is 19.0.